The molecule has 0 saturated heterocycles. The molecule has 0 aromatic heterocycles. The van der Waals surface area contributed by atoms with Gasteiger partial charge in [-0.05, 0) is 17.7 Å². The van der Waals surface area contributed by atoms with Gasteiger partial charge in [0.2, 0.25) is 0 Å². The van der Waals surface area contributed by atoms with Gasteiger partial charge in [0, 0.05) is 12.5 Å². The van der Waals surface area contributed by atoms with Crippen molar-refractivity contribution in [2.24, 2.45) is 5.92 Å². The van der Waals surface area contributed by atoms with Gasteiger partial charge in [0.15, 0.2) is 0 Å². The molecular formula is C12H18O3. The lowest BCUT2D eigenvalue weighted by Crippen LogP contribution is -2.09. The maximum Gasteiger partial charge on any atom is 0.118 e. The molecule has 0 radical (unpaired) electrons. The van der Waals surface area contributed by atoms with E-state index in [1.807, 2.05) is 31.2 Å². The standard InChI is InChI=1S/C12H18O3/c1-10(7-13)8-15-9-11-3-5-12(14-2)6-4-11/h3-6,10,13H,7-9H2,1-2H3. The van der Waals surface area contributed by atoms with Crippen LogP contribution in [-0.4, -0.2) is 25.4 Å². The van der Waals surface area contributed by atoms with E-state index in [1.165, 1.54) is 0 Å². The average Bonchev–Trinajstić information content (AvgIpc) is 2.29. The van der Waals surface area contributed by atoms with Crippen LogP contribution in [0.1, 0.15) is 12.5 Å². The van der Waals surface area contributed by atoms with Crippen molar-refractivity contribution < 1.29 is 14.6 Å². The summed E-state index contributed by atoms with van der Waals surface area (Å²) in [6.45, 7) is 3.29. The van der Waals surface area contributed by atoms with E-state index in [9.17, 15) is 0 Å². The van der Waals surface area contributed by atoms with E-state index in [2.05, 4.69) is 0 Å². The van der Waals surface area contributed by atoms with Gasteiger partial charge >= 0.3 is 0 Å². The van der Waals surface area contributed by atoms with Gasteiger partial charge in [0.25, 0.3) is 0 Å². The second kappa shape index (κ2) is 6.43. The fourth-order valence-electron chi connectivity index (χ4n) is 1.15. The SMILES string of the molecule is COc1ccc(COCC(C)CO)cc1. The highest BCUT2D eigenvalue weighted by atomic mass is 16.5. The number of ether oxygens (including phenoxy) is 2. The van der Waals surface area contributed by atoms with Gasteiger partial charge in [-0.15, -0.1) is 0 Å². The van der Waals surface area contributed by atoms with Crippen molar-refractivity contribution in [3.63, 3.8) is 0 Å². The molecule has 15 heavy (non-hydrogen) atoms. The van der Waals surface area contributed by atoms with Crippen molar-refractivity contribution in [3.8, 4) is 5.75 Å². The van der Waals surface area contributed by atoms with E-state index in [0.29, 0.717) is 13.2 Å². The van der Waals surface area contributed by atoms with Gasteiger partial charge in [0.1, 0.15) is 5.75 Å². The summed E-state index contributed by atoms with van der Waals surface area (Å²) < 4.78 is 10.5. The Morgan fingerprint density at radius 1 is 1.27 bits per heavy atom. The first-order valence-corrected chi connectivity index (χ1v) is 5.07. The van der Waals surface area contributed by atoms with Gasteiger partial charge in [-0.2, -0.15) is 0 Å². The van der Waals surface area contributed by atoms with Gasteiger partial charge in [-0.1, -0.05) is 19.1 Å². The Balaban J connectivity index is 2.31. The molecule has 0 heterocycles. The number of rotatable bonds is 6. The van der Waals surface area contributed by atoms with Crippen molar-refractivity contribution in [2.75, 3.05) is 20.3 Å². The summed E-state index contributed by atoms with van der Waals surface area (Å²) in [4.78, 5) is 0. The van der Waals surface area contributed by atoms with E-state index in [-0.39, 0.29) is 12.5 Å². The number of hydrogen-bond donors (Lipinski definition) is 1. The Hall–Kier alpha value is -1.06. The van der Waals surface area contributed by atoms with Crippen molar-refractivity contribution in [1.29, 1.82) is 0 Å². The molecule has 3 nitrogen and oxygen atoms in total. The molecule has 0 amide bonds. The topological polar surface area (TPSA) is 38.7 Å². The molecule has 0 aliphatic rings. The Bertz CT molecular complexity index is 269. The molecule has 1 aromatic carbocycles. The molecule has 1 unspecified atom stereocenters. The summed E-state index contributed by atoms with van der Waals surface area (Å²) in [7, 11) is 1.65. The van der Waals surface area contributed by atoms with Gasteiger partial charge < -0.3 is 14.6 Å². The predicted octanol–water partition coefficient (Wildman–Crippen LogP) is 1.84. The third kappa shape index (κ3) is 4.32. The molecule has 1 N–H and O–H groups in total. The van der Waals surface area contributed by atoms with Crippen LogP contribution in [0, 0.1) is 5.92 Å². The number of methoxy groups -OCH3 is 1. The van der Waals surface area contributed by atoms with Crippen molar-refractivity contribution in [2.45, 2.75) is 13.5 Å². The Kier molecular flexibility index (Phi) is 5.15. The molecule has 0 bridgehead atoms. The summed E-state index contributed by atoms with van der Waals surface area (Å²) >= 11 is 0. The first kappa shape index (κ1) is 12.0. The normalized spacial score (nSPS) is 12.5. The van der Waals surface area contributed by atoms with Crippen molar-refractivity contribution in [3.05, 3.63) is 29.8 Å². The fraction of sp³-hybridized carbons (Fsp3) is 0.500. The van der Waals surface area contributed by atoms with Crippen LogP contribution >= 0.6 is 0 Å². The minimum atomic E-state index is 0.169. The zero-order valence-electron chi connectivity index (χ0n) is 9.27. The van der Waals surface area contributed by atoms with Gasteiger partial charge in [0.05, 0.1) is 20.3 Å². The van der Waals surface area contributed by atoms with E-state index in [4.69, 9.17) is 14.6 Å². The smallest absolute Gasteiger partial charge is 0.118 e. The summed E-state index contributed by atoms with van der Waals surface area (Å²) in [5.41, 5.74) is 1.11. The molecule has 1 rings (SSSR count). The second-order valence-electron chi connectivity index (χ2n) is 3.65. The number of aliphatic hydroxyl groups is 1. The summed E-state index contributed by atoms with van der Waals surface area (Å²) in [6, 6.07) is 7.77. The molecule has 84 valence electrons. The van der Waals surface area contributed by atoms with E-state index < -0.39 is 0 Å². The number of benzene rings is 1. The Morgan fingerprint density at radius 2 is 1.93 bits per heavy atom. The summed E-state index contributed by atoms with van der Waals surface area (Å²) in [6.07, 6.45) is 0. The van der Waals surface area contributed by atoms with Crippen LogP contribution in [0.2, 0.25) is 0 Å². The first-order valence-electron chi connectivity index (χ1n) is 5.07. The fourth-order valence-corrected chi connectivity index (χ4v) is 1.15. The van der Waals surface area contributed by atoms with Crippen LogP contribution in [-0.2, 0) is 11.3 Å². The zero-order chi connectivity index (χ0) is 11.1. The van der Waals surface area contributed by atoms with E-state index in [0.717, 1.165) is 11.3 Å². The van der Waals surface area contributed by atoms with E-state index in [1.54, 1.807) is 7.11 Å². The minimum Gasteiger partial charge on any atom is -0.497 e. The molecule has 0 aliphatic carbocycles. The Morgan fingerprint density at radius 3 is 2.47 bits per heavy atom. The van der Waals surface area contributed by atoms with Crippen LogP contribution in [0.3, 0.4) is 0 Å². The number of hydrogen-bond acceptors (Lipinski definition) is 3. The lowest BCUT2D eigenvalue weighted by molar-refractivity contribution is 0.0696. The Labute approximate surface area is 90.6 Å². The van der Waals surface area contributed by atoms with Crippen LogP contribution in [0.4, 0.5) is 0 Å². The second-order valence-corrected chi connectivity index (χ2v) is 3.65. The lowest BCUT2D eigenvalue weighted by atomic mass is 10.2. The highest BCUT2D eigenvalue weighted by molar-refractivity contribution is 5.26. The highest BCUT2D eigenvalue weighted by Gasteiger charge is 2.00. The third-order valence-corrected chi connectivity index (χ3v) is 2.14. The zero-order valence-corrected chi connectivity index (χ0v) is 9.27. The van der Waals surface area contributed by atoms with Crippen LogP contribution in [0.5, 0.6) is 5.75 Å². The third-order valence-electron chi connectivity index (χ3n) is 2.14. The predicted molar refractivity (Wildman–Crippen MR) is 58.9 cm³/mol. The van der Waals surface area contributed by atoms with Crippen LogP contribution < -0.4 is 4.74 Å². The molecule has 0 aliphatic heterocycles. The monoisotopic (exact) mass is 210 g/mol. The van der Waals surface area contributed by atoms with Gasteiger partial charge in [-0.25, -0.2) is 0 Å². The maximum absolute atomic E-state index is 8.80. The van der Waals surface area contributed by atoms with Crippen LogP contribution in [0.25, 0.3) is 0 Å². The molecule has 1 atom stereocenters. The van der Waals surface area contributed by atoms with Crippen LogP contribution in [0.15, 0.2) is 24.3 Å². The van der Waals surface area contributed by atoms with Crippen molar-refractivity contribution in [1.82, 2.24) is 0 Å². The molecule has 0 spiro atoms. The average molecular weight is 210 g/mol. The molecule has 0 saturated carbocycles. The maximum atomic E-state index is 8.80. The van der Waals surface area contributed by atoms with Gasteiger partial charge in [-0.3, -0.25) is 0 Å². The van der Waals surface area contributed by atoms with Crippen molar-refractivity contribution >= 4 is 0 Å². The summed E-state index contributed by atoms with van der Waals surface area (Å²) in [5, 5.41) is 8.80. The molecule has 1 aromatic rings. The van der Waals surface area contributed by atoms with E-state index >= 15 is 0 Å². The largest absolute Gasteiger partial charge is 0.497 e. The lowest BCUT2D eigenvalue weighted by Gasteiger charge is -2.09. The summed E-state index contributed by atoms with van der Waals surface area (Å²) in [5.74, 6) is 1.05. The molecule has 0 fully saturated rings. The molecular weight excluding hydrogens is 192 g/mol. The first-order chi connectivity index (χ1) is 7.26. The highest BCUT2D eigenvalue weighted by Crippen LogP contribution is 2.12. The number of aliphatic hydroxyl groups excluding tert-OH is 1. The minimum absolute atomic E-state index is 0.169. The quantitative estimate of drug-likeness (QED) is 0.778. The molecule has 3 heteroatoms.